The standard InChI is InChI=1S/C99H164O37/c1-22-29-34-49-114-54-65-72-79(100-8)86(107-15)93(123-65)131-73-66(55-115-50-35-30-23-2)125-95(88(109-17)80(73)101-9)133-75-68(57-117-52-37-32-25-4)127-97(90(111-19)82(75)103-11)135-77-70(59-121-63-43-39-61(40-44-63)119-47-27-6)129-99(92(113-21)84(77)105-13)136-78-71(60-122-64-45-41-62(42-46-64)120-48-28-7)128-98(91(112-20)85(78)106-14)134-76-69(58-118-53-38-33-26-5)126-96(89(110-18)83(76)104-12)132-74-67(56-116-51-36-31-24-3)124-94(130-72)87(108-16)81(74)102-10/h27-28,39-46,65-99H,6-7,22-26,29-38,47-60H2,1-5,8-21H3/t65-,66-,67-,68-,69-,70-,71-,72-,73-,74-,75-,76-,77-,78-,79+,80+,81+,82+,83+,84+,85+,86-,87-,88-,89-,90-,91-,92-,93-,94-,95-,96-,97-,98-,99-/m1/s1. The number of rotatable bonds is 56. The van der Waals surface area contributed by atoms with E-state index in [1.807, 2.05) is 0 Å². The van der Waals surface area contributed by atoms with E-state index < -0.39 is 215 Å². The van der Waals surface area contributed by atoms with E-state index >= 15 is 0 Å². The molecule has 21 fully saturated rings. The Morgan fingerprint density at radius 2 is 0.360 bits per heavy atom. The Morgan fingerprint density at radius 3 is 0.507 bits per heavy atom. The Morgan fingerprint density at radius 1 is 0.206 bits per heavy atom. The van der Waals surface area contributed by atoms with Crippen LogP contribution in [0.5, 0.6) is 23.0 Å². The summed E-state index contributed by atoms with van der Waals surface area (Å²) < 4.78 is 254. The van der Waals surface area contributed by atoms with E-state index in [1.165, 1.54) is 28.4 Å². The molecule has 0 saturated carbocycles. The van der Waals surface area contributed by atoms with Crippen LogP contribution in [0.15, 0.2) is 73.8 Å². The van der Waals surface area contributed by atoms with Crippen LogP contribution in [0.4, 0.5) is 0 Å². The van der Waals surface area contributed by atoms with Gasteiger partial charge in [0, 0.05) is 133 Å². The van der Waals surface area contributed by atoms with Crippen LogP contribution >= 0.6 is 0 Å². The molecule has 0 unspecified atom stereocenters. The van der Waals surface area contributed by atoms with Crippen molar-refractivity contribution in [1.29, 1.82) is 0 Å². The summed E-state index contributed by atoms with van der Waals surface area (Å²) in [6.45, 7) is 20.3. The van der Waals surface area contributed by atoms with Gasteiger partial charge in [-0.2, -0.15) is 0 Å². The zero-order valence-electron chi connectivity index (χ0n) is 84.0. The highest BCUT2D eigenvalue weighted by molar-refractivity contribution is 5.32. The molecule has 21 saturated heterocycles. The number of benzene rings is 2. The quantitative estimate of drug-likeness (QED) is 0.0439. The summed E-state index contributed by atoms with van der Waals surface area (Å²) in [5, 5.41) is 0. The summed E-state index contributed by atoms with van der Waals surface area (Å²) in [4.78, 5) is 0. The van der Waals surface area contributed by atoms with Crippen molar-refractivity contribution in [3.63, 3.8) is 0 Å². The fourth-order valence-electron chi connectivity index (χ4n) is 18.9. The molecule has 0 aromatic heterocycles. The van der Waals surface area contributed by atoms with E-state index in [0.29, 0.717) is 56.0 Å². The van der Waals surface area contributed by atoms with Gasteiger partial charge >= 0.3 is 0 Å². The van der Waals surface area contributed by atoms with Gasteiger partial charge in [0.2, 0.25) is 0 Å². The van der Waals surface area contributed by atoms with Crippen LogP contribution in [0.25, 0.3) is 0 Å². The molecular formula is C99H164O37. The van der Waals surface area contributed by atoms with E-state index in [0.717, 1.165) is 96.3 Å². The summed E-state index contributed by atoms with van der Waals surface area (Å²) in [7, 11) is 21.7. The topological polar surface area (TPSA) is 342 Å². The third kappa shape index (κ3) is 30.7. The molecule has 0 N–H and O–H groups in total. The smallest absolute Gasteiger partial charge is 0.187 e. The fraction of sp³-hybridized carbons (Fsp3) is 0.838. The molecule has 14 bridgehead atoms. The first-order valence-corrected chi connectivity index (χ1v) is 49.0. The molecule has 21 aliphatic rings. The largest absolute Gasteiger partial charge is 0.491 e. The van der Waals surface area contributed by atoms with Gasteiger partial charge in [0.25, 0.3) is 0 Å². The fourth-order valence-corrected chi connectivity index (χ4v) is 18.9. The first-order valence-electron chi connectivity index (χ1n) is 49.0. The van der Waals surface area contributed by atoms with Crippen LogP contribution in [0.2, 0.25) is 0 Å². The normalized spacial score (nSPS) is 36.3. The van der Waals surface area contributed by atoms with E-state index in [1.54, 1.807) is 132 Å². The molecule has 2 aromatic carbocycles. The molecule has 23 rings (SSSR count). The minimum absolute atomic E-state index is 0.00635. The molecule has 2 aromatic rings. The van der Waals surface area contributed by atoms with Crippen molar-refractivity contribution >= 4 is 0 Å². The van der Waals surface area contributed by atoms with E-state index in [-0.39, 0.29) is 59.5 Å². The van der Waals surface area contributed by atoms with Crippen molar-refractivity contribution in [2.45, 2.75) is 346 Å². The van der Waals surface area contributed by atoms with Crippen molar-refractivity contribution in [3.05, 3.63) is 73.8 Å². The zero-order chi connectivity index (χ0) is 97.3. The molecule has 0 spiro atoms. The Bertz CT molecular complexity index is 3390. The van der Waals surface area contributed by atoms with E-state index in [4.69, 9.17) is 175 Å². The summed E-state index contributed by atoms with van der Waals surface area (Å²) in [5.41, 5.74) is 0. The van der Waals surface area contributed by atoms with E-state index in [2.05, 4.69) is 47.8 Å². The minimum Gasteiger partial charge on any atom is -0.491 e. The van der Waals surface area contributed by atoms with Crippen LogP contribution in [-0.2, 0) is 156 Å². The third-order valence-corrected chi connectivity index (χ3v) is 26.1. The molecule has 0 radical (unpaired) electrons. The Hall–Kier alpha value is -4.20. The van der Waals surface area contributed by atoms with Gasteiger partial charge in [0.05, 0.1) is 33.0 Å². The minimum atomic E-state index is -1.37. The predicted molar refractivity (Wildman–Crippen MR) is 493 cm³/mol. The average Bonchev–Trinajstić information content (AvgIpc) is 0.783. The molecule has 782 valence electrons. The van der Waals surface area contributed by atoms with Crippen molar-refractivity contribution in [2.75, 3.05) is 192 Å². The van der Waals surface area contributed by atoms with Crippen molar-refractivity contribution < 1.29 is 175 Å². The lowest BCUT2D eigenvalue weighted by Gasteiger charge is -2.52. The second-order valence-corrected chi connectivity index (χ2v) is 35.0. The molecule has 21 aliphatic heterocycles. The number of methoxy groups -OCH3 is 14. The lowest BCUT2D eigenvalue weighted by atomic mass is 9.94. The van der Waals surface area contributed by atoms with Crippen molar-refractivity contribution in [1.82, 2.24) is 0 Å². The monoisotopic (exact) mass is 1950 g/mol. The maximum Gasteiger partial charge on any atom is 0.187 e. The zero-order valence-corrected chi connectivity index (χ0v) is 84.0. The number of hydrogen-bond acceptors (Lipinski definition) is 37. The predicted octanol–water partition coefficient (Wildman–Crippen LogP) is 10.3. The van der Waals surface area contributed by atoms with Gasteiger partial charge in [-0.05, 0) is 80.6 Å². The Kier molecular flexibility index (Phi) is 51.7. The summed E-state index contributed by atoms with van der Waals surface area (Å²) >= 11 is 0. The summed E-state index contributed by atoms with van der Waals surface area (Å²) in [5.74, 6) is 2.09. The maximum atomic E-state index is 7.48. The summed E-state index contributed by atoms with van der Waals surface area (Å²) in [6, 6.07) is 14.3. The number of hydrogen-bond donors (Lipinski definition) is 0. The van der Waals surface area contributed by atoms with Crippen LogP contribution in [0.1, 0.15) is 131 Å². The Balaban J connectivity index is 1.15. The molecule has 21 heterocycles. The lowest BCUT2D eigenvalue weighted by Crippen LogP contribution is -2.69. The van der Waals surface area contributed by atoms with Gasteiger partial charge in [-0.25, -0.2) is 0 Å². The molecule has 0 aliphatic carbocycles. The molecule has 136 heavy (non-hydrogen) atoms. The van der Waals surface area contributed by atoms with Crippen molar-refractivity contribution in [2.24, 2.45) is 0 Å². The average molecular weight is 1950 g/mol. The second kappa shape index (κ2) is 61.8. The SMILES string of the molecule is C=CCOc1ccc(OC[C@H]2O[C@@H]3O[C@H]4[C@H](OC)[C@@H](OC)[C@@H](O[C@H]5[C@H](OC)[C@@H](OC)[C@@H](O[C@H]6[C@H](OC)[C@@H](OC)[C@@H](O[C@H]7[C@H](OC)[C@@H](OC)[C@@H](O[C@H]8[C@H](OC)[C@@H](OC)[C@@H](O[C@H]9[C@H](OC)[C@@H](OC)[C@@H](O[C@H]2[C@H](OC)[C@H]3OC)O[C@@H]9COCCCCC)O[C@@H]8COCCCCC)O[C@@H]7COCCCCC)O[C@@H]6COCCCCC)O[C@@H]5COCCCCC)O[C@@H]4COc2ccc(OCC=C)cc2)cc1. The van der Waals surface area contributed by atoms with Crippen LogP contribution in [0.3, 0.4) is 0 Å². The molecule has 0 amide bonds. The first kappa shape index (κ1) is 114. The lowest BCUT2D eigenvalue weighted by molar-refractivity contribution is -0.403. The molecule has 37 heteroatoms. The number of unbranched alkanes of at least 4 members (excludes halogenated alkanes) is 10. The van der Waals surface area contributed by atoms with Gasteiger partial charge in [-0.3, -0.25) is 0 Å². The highest BCUT2D eigenvalue weighted by atomic mass is 16.8. The van der Waals surface area contributed by atoms with Gasteiger partial charge in [0.1, 0.15) is 220 Å². The molecule has 37 nitrogen and oxygen atoms in total. The third-order valence-electron chi connectivity index (χ3n) is 26.1. The van der Waals surface area contributed by atoms with E-state index in [9.17, 15) is 0 Å². The highest BCUT2D eigenvalue weighted by Gasteiger charge is 2.63. The van der Waals surface area contributed by atoms with Crippen LogP contribution in [0, 0.1) is 0 Å². The first-order chi connectivity index (χ1) is 66.6. The molecule has 35 atom stereocenters. The molecular weight excluding hydrogens is 1780 g/mol. The van der Waals surface area contributed by atoms with Gasteiger partial charge in [-0.1, -0.05) is 124 Å². The summed E-state index contributed by atoms with van der Waals surface area (Å²) in [6.07, 6.45) is -22.2. The Labute approximate surface area is 806 Å². The second-order valence-electron chi connectivity index (χ2n) is 35.0. The van der Waals surface area contributed by atoms with Crippen LogP contribution in [-0.4, -0.2) is 407 Å². The van der Waals surface area contributed by atoms with Gasteiger partial charge < -0.3 is 175 Å². The van der Waals surface area contributed by atoms with Gasteiger partial charge in [-0.15, -0.1) is 0 Å². The van der Waals surface area contributed by atoms with Crippen LogP contribution < -0.4 is 18.9 Å². The highest BCUT2D eigenvalue weighted by Crippen LogP contribution is 2.44. The maximum absolute atomic E-state index is 7.48. The number of ether oxygens (including phenoxy) is 37. The van der Waals surface area contributed by atoms with Crippen molar-refractivity contribution in [3.8, 4) is 23.0 Å². The van der Waals surface area contributed by atoms with Gasteiger partial charge in [0.15, 0.2) is 44.0 Å².